The van der Waals surface area contributed by atoms with Gasteiger partial charge in [0.25, 0.3) is 0 Å². The highest BCUT2D eigenvalue weighted by atomic mass is 32.2. The lowest BCUT2D eigenvalue weighted by atomic mass is 10.1. The fourth-order valence-electron chi connectivity index (χ4n) is 2.68. The zero-order valence-corrected chi connectivity index (χ0v) is 16.9. The van der Waals surface area contributed by atoms with E-state index in [4.69, 9.17) is 4.74 Å². The third-order valence-corrected chi connectivity index (χ3v) is 6.02. The summed E-state index contributed by atoms with van der Waals surface area (Å²) in [6, 6.07) is 14.1. The first kappa shape index (κ1) is 21.8. The predicted molar refractivity (Wildman–Crippen MR) is 107 cm³/mol. The maximum absolute atomic E-state index is 12.7. The van der Waals surface area contributed by atoms with Crippen LogP contribution in [0.2, 0.25) is 0 Å². The van der Waals surface area contributed by atoms with Crippen LogP contribution in [0.25, 0.3) is 0 Å². The van der Waals surface area contributed by atoms with E-state index < -0.39 is 16.0 Å². The number of benzene rings is 2. The molecule has 2 rings (SSSR count). The number of carbonyl (C=O) groups excluding carboxylic acids is 2. The largest absolute Gasteiger partial charge is 0.454 e. The lowest BCUT2D eigenvalue weighted by molar-refractivity contribution is 0.0474. The van der Waals surface area contributed by atoms with Gasteiger partial charge in [-0.25, -0.2) is 13.2 Å². The summed E-state index contributed by atoms with van der Waals surface area (Å²) in [6.45, 7) is 4.37. The van der Waals surface area contributed by atoms with Crippen molar-refractivity contribution in [3.63, 3.8) is 0 Å². The normalized spacial score (nSPS) is 11.4. The SMILES string of the molecule is CCCN(CCC)S(=O)(=O)c1ccc(C(=O)OCC(=O)c2ccccc2)cc1. The Morgan fingerprint density at radius 2 is 1.43 bits per heavy atom. The van der Waals surface area contributed by atoms with Gasteiger partial charge < -0.3 is 4.74 Å². The molecule has 0 saturated carbocycles. The number of rotatable bonds is 10. The summed E-state index contributed by atoms with van der Waals surface area (Å²) in [5, 5.41) is 0. The van der Waals surface area contributed by atoms with Crippen molar-refractivity contribution in [1.29, 1.82) is 0 Å². The Morgan fingerprint density at radius 3 is 1.96 bits per heavy atom. The molecule has 0 bridgehead atoms. The van der Waals surface area contributed by atoms with Gasteiger partial charge in [0.15, 0.2) is 12.4 Å². The van der Waals surface area contributed by atoms with Crippen molar-refractivity contribution in [1.82, 2.24) is 4.31 Å². The minimum atomic E-state index is -3.60. The smallest absolute Gasteiger partial charge is 0.338 e. The van der Waals surface area contributed by atoms with Crippen molar-refractivity contribution in [3.05, 3.63) is 65.7 Å². The Hall–Kier alpha value is -2.51. The Bertz CT molecular complexity index is 886. The van der Waals surface area contributed by atoms with Crippen LogP contribution in [-0.2, 0) is 14.8 Å². The van der Waals surface area contributed by atoms with Crippen LogP contribution >= 0.6 is 0 Å². The molecule has 0 spiro atoms. The van der Waals surface area contributed by atoms with Crippen LogP contribution in [0.5, 0.6) is 0 Å². The topological polar surface area (TPSA) is 80.8 Å². The van der Waals surface area contributed by atoms with Crippen LogP contribution in [0.1, 0.15) is 47.4 Å². The molecule has 0 N–H and O–H groups in total. The number of Topliss-reactive ketones (excluding diaryl/α,β-unsaturated/α-hetero) is 1. The molecule has 6 nitrogen and oxygen atoms in total. The van der Waals surface area contributed by atoms with E-state index in [1.54, 1.807) is 30.3 Å². The van der Waals surface area contributed by atoms with Crippen molar-refractivity contribution < 1.29 is 22.7 Å². The quantitative estimate of drug-likeness (QED) is 0.448. The summed E-state index contributed by atoms with van der Waals surface area (Å²) in [4.78, 5) is 24.3. The van der Waals surface area contributed by atoms with Gasteiger partial charge in [-0.05, 0) is 37.1 Å². The number of sulfonamides is 1. The molecule has 0 aromatic heterocycles. The molecule has 0 aliphatic heterocycles. The minimum Gasteiger partial charge on any atom is -0.454 e. The summed E-state index contributed by atoms with van der Waals surface area (Å²) >= 11 is 0. The molecule has 0 saturated heterocycles. The molecular formula is C21H25NO5S. The van der Waals surface area contributed by atoms with Crippen LogP contribution in [0.4, 0.5) is 0 Å². The Kier molecular flexibility index (Phi) is 7.90. The minimum absolute atomic E-state index is 0.131. The monoisotopic (exact) mass is 403 g/mol. The molecule has 0 amide bonds. The van der Waals surface area contributed by atoms with Gasteiger partial charge in [-0.2, -0.15) is 4.31 Å². The van der Waals surface area contributed by atoms with Gasteiger partial charge in [-0.15, -0.1) is 0 Å². The van der Waals surface area contributed by atoms with Crippen molar-refractivity contribution in [3.8, 4) is 0 Å². The molecule has 0 fully saturated rings. The molecule has 0 unspecified atom stereocenters. The molecule has 150 valence electrons. The molecule has 0 radical (unpaired) electrons. The summed E-state index contributed by atoms with van der Waals surface area (Å²) in [5.74, 6) is -0.977. The summed E-state index contributed by atoms with van der Waals surface area (Å²) in [5.41, 5.74) is 0.654. The molecule has 28 heavy (non-hydrogen) atoms. The van der Waals surface area contributed by atoms with E-state index in [1.165, 1.54) is 28.6 Å². The first-order valence-electron chi connectivity index (χ1n) is 9.25. The van der Waals surface area contributed by atoms with Crippen molar-refractivity contribution in [2.75, 3.05) is 19.7 Å². The first-order chi connectivity index (χ1) is 13.4. The van der Waals surface area contributed by atoms with Gasteiger partial charge in [0, 0.05) is 18.7 Å². The predicted octanol–water partition coefficient (Wildman–Crippen LogP) is 3.54. The lowest BCUT2D eigenvalue weighted by Crippen LogP contribution is -2.32. The Labute approximate surface area is 166 Å². The summed E-state index contributed by atoms with van der Waals surface area (Å²) < 4.78 is 32.0. The number of hydrogen-bond donors (Lipinski definition) is 0. The van der Waals surface area contributed by atoms with Crippen molar-refractivity contribution >= 4 is 21.8 Å². The van der Waals surface area contributed by atoms with Crippen LogP contribution in [0.3, 0.4) is 0 Å². The highest BCUT2D eigenvalue weighted by Gasteiger charge is 2.23. The van der Waals surface area contributed by atoms with E-state index in [1.807, 2.05) is 13.8 Å². The van der Waals surface area contributed by atoms with E-state index >= 15 is 0 Å². The zero-order valence-electron chi connectivity index (χ0n) is 16.1. The van der Waals surface area contributed by atoms with Gasteiger partial charge in [0.05, 0.1) is 10.5 Å². The number of carbonyl (C=O) groups is 2. The molecular weight excluding hydrogens is 378 g/mol. The standard InChI is InChI=1S/C21H25NO5S/c1-3-14-22(15-4-2)28(25,26)19-12-10-18(11-13-19)21(24)27-16-20(23)17-8-6-5-7-9-17/h5-13H,3-4,14-16H2,1-2H3. The van der Waals surface area contributed by atoms with E-state index in [0.717, 1.165) is 12.8 Å². The number of nitrogens with zero attached hydrogens (tertiary/aromatic N) is 1. The third kappa shape index (κ3) is 5.50. The van der Waals surface area contributed by atoms with Gasteiger partial charge in [0.1, 0.15) is 0 Å². The van der Waals surface area contributed by atoms with E-state index in [-0.39, 0.29) is 22.8 Å². The second-order valence-corrected chi connectivity index (χ2v) is 8.23. The molecule has 2 aromatic carbocycles. The van der Waals surface area contributed by atoms with Gasteiger partial charge in [-0.3, -0.25) is 4.79 Å². The van der Waals surface area contributed by atoms with Crippen molar-refractivity contribution in [2.24, 2.45) is 0 Å². The molecule has 2 aromatic rings. The fraction of sp³-hybridized carbons (Fsp3) is 0.333. The zero-order chi connectivity index (χ0) is 20.6. The molecule has 0 heterocycles. The van der Waals surface area contributed by atoms with Crippen LogP contribution in [0.15, 0.2) is 59.5 Å². The Morgan fingerprint density at radius 1 is 0.857 bits per heavy atom. The van der Waals surface area contributed by atoms with Gasteiger partial charge in [-0.1, -0.05) is 44.2 Å². The molecule has 0 atom stereocenters. The number of ketones is 1. The van der Waals surface area contributed by atoms with Gasteiger partial charge >= 0.3 is 5.97 Å². The summed E-state index contributed by atoms with van der Waals surface area (Å²) in [6.07, 6.45) is 1.44. The maximum atomic E-state index is 12.7. The second kappa shape index (κ2) is 10.1. The van der Waals surface area contributed by atoms with E-state index in [0.29, 0.717) is 18.7 Å². The van der Waals surface area contributed by atoms with E-state index in [9.17, 15) is 18.0 Å². The highest BCUT2D eigenvalue weighted by molar-refractivity contribution is 7.89. The average molecular weight is 404 g/mol. The molecule has 0 aliphatic carbocycles. The van der Waals surface area contributed by atoms with Crippen LogP contribution in [-0.4, -0.2) is 44.2 Å². The molecule has 0 aliphatic rings. The average Bonchev–Trinajstić information content (AvgIpc) is 2.72. The third-order valence-electron chi connectivity index (χ3n) is 4.10. The number of hydrogen-bond acceptors (Lipinski definition) is 5. The first-order valence-corrected chi connectivity index (χ1v) is 10.7. The molecule has 7 heteroatoms. The van der Waals surface area contributed by atoms with Crippen LogP contribution in [0, 0.1) is 0 Å². The van der Waals surface area contributed by atoms with Crippen molar-refractivity contribution in [2.45, 2.75) is 31.6 Å². The number of esters is 1. The van der Waals surface area contributed by atoms with Gasteiger partial charge in [0.2, 0.25) is 10.0 Å². The van der Waals surface area contributed by atoms with Crippen LogP contribution < -0.4 is 0 Å². The fourth-order valence-corrected chi connectivity index (χ4v) is 4.31. The second-order valence-electron chi connectivity index (χ2n) is 6.29. The maximum Gasteiger partial charge on any atom is 0.338 e. The van der Waals surface area contributed by atoms with E-state index in [2.05, 4.69) is 0 Å². The summed E-state index contributed by atoms with van der Waals surface area (Å²) in [7, 11) is -3.60. The highest BCUT2D eigenvalue weighted by Crippen LogP contribution is 2.18. The Balaban J connectivity index is 2.04. The lowest BCUT2D eigenvalue weighted by Gasteiger charge is -2.21. The number of ether oxygens (including phenoxy) is 1.